The predicted molar refractivity (Wildman–Crippen MR) is 222 cm³/mol. The Bertz CT molecular complexity index is 3160. The van der Waals surface area contributed by atoms with Gasteiger partial charge in [0.25, 0.3) is 0 Å². The van der Waals surface area contributed by atoms with Crippen LogP contribution in [-0.4, -0.2) is 0 Å². The molecule has 0 spiro atoms. The van der Waals surface area contributed by atoms with Crippen molar-refractivity contribution in [3.8, 4) is 22.3 Å². The Labute approximate surface area is 305 Å². The molecule has 0 fully saturated rings. The van der Waals surface area contributed by atoms with E-state index in [9.17, 15) is 0 Å². The Morgan fingerprint density at radius 3 is 1.83 bits per heavy atom. The summed E-state index contributed by atoms with van der Waals surface area (Å²) in [5.41, 5.74) is 11.1. The smallest absolute Gasteiger partial charge is 0.144 e. The largest absolute Gasteiger partial charge is 0.455 e. The van der Waals surface area contributed by atoms with Crippen molar-refractivity contribution < 1.29 is 8.83 Å². The lowest BCUT2D eigenvalue weighted by Crippen LogP contribution is -2.10. The summed E-state index contributed by atoms with van der Waals surface area (Å²) in [6.45, 7) is 0. The molecule has 0 amide bonds. The van der Waals surface area contributed by atoms with E-state index < -0.39 is 0 Å². The average molecular weight is 678 g/mol. The molecule has 3 nitrogen and oxygen atoms in total. The average Bonchev–Trinajstić information content (AvgIpc) is 3.79. The van der Waals surface area contributed by atoms with Gasteiger partial charge in [0, 0.05) is 55.5 Å². The molecule has 11 aromatic rings. The van der Waals surface area contributed by atoms with E-state index in [1.165, 1.54) is 21.9 Å². The SMILES string of the molecule is c1ccc(-c2ccc(N(c3ccc4c(c3)oc3c(-c5cccc6c5oc5ccccc56)c5ccccc5cc34)c3cccc4ccccc34)cc2)cc1. The number of rotatable bonds is 5. The van der Waals surface area contributed by atoms with E-state index in [4.69, 9.17) is 8.83 Å². The normalized spacial score (nSPS) is 11.8. The van der Waals surface area contributed by atoms with Gasteiger partial charge in [-0.15, -0.1) is 0 Å². The Kier molecular flexibility index (Phi) is 6.55. The molecule has 0 saturated carbocycles. The molecule has 0 bridgehead atoms. The van der Waals surface area contributed by atoms with E-state index in [1.807, 2.05) is 12.1 Å². The van der Waals surface area contributed by atoms with Gasteiger partial charge in [-0.25, -0.2) is 0 Å². The molecule has 0 N–H and O–H groups in total. The minimum absolute atomic E-state index is 0.831. The zero-order chi connectivity index (χ0) is 34.9. The summed E-state index contributed by atoms with van der Waals surface area (Å²) in [7, 11) is 0. The molecule has 0 radical (unpaired) electrons. The van der Waals surface area contributed by atoms with E-state index in [-0.39, 0.29) is 0 Å². The molecular weight excluding hydrogens is 647 g/mol. The van der Waals surface area contributed by atoms with Crippen LogP contribution in [0.1, 0.15) is 0 Å². The summed E-state index contributed by atoms with van der Waals surface area (Å²) in [4.78, 5) is 2.34. The fraction of sp³-hybridized carbons (Fsp3) is 0. The lowest BCUT2D eigenvalue weighted by molar-refractivity contribution is 0.665. The molecule has 53 heavy (non-hydrogen) atoms. The van der Waals surface area contributed by atoms with Crippen molar-refractivity contribution in [3.05, 3.63) is 188 Å². The van der Waals surface area contributed by atoms with Crippen LogP contribution in [0.15, 0.2) is 197 Å². The van der Waals surface area contributed by atoms with Gasteiger partial charge in [-0.1, -0.05) is 140 Å². The third-order valence-corrected chi connectivity index (χ3v) is 10.6. The van der Waals surface area contributed by atoms with Crippen molar-refractivity contribution in [2.75, 3.05) is 4.90 Å². The van der Waals surface area contributed by atoms with Gasteiger partial charge in [0.2, 0.25) is 0 Å². The molecule has 248 valence electrons. The minimum atomic E-state index is 0.831. The van der Waals surface area contributed by atoms with Gasteiger partial charge in [-0.3, -0.25) is 0 Å². The second-order valence-electron chi connectivity index (χ2n) is 13.7. The fourth-order valence-electron chi connectivity index (χ4n) is 8.18. The summed E-state index contributed by atoms with van der Waals surface area (Å²) in [6, 6.07) is 66.6. The maximum Gasteiger partial charge on any atom is 0.144 e. The minimum Gasteiger partial charge on any atom is -0.455 e. The molecule has 11 rings (SSSR count). The molecule has 2 aromatic heterocycles. The number of hydrogen-bond donors (Lipinski definition) is 0. The van der Waals surface area contributed by atoms with Crippen LogP contribution in [-0.2, 0) is 0 Å². The lowest BCUT2D eigenvalue weighted by atomic mass is 9.94. The van der Waals surface area contributed by atoms with Crippen LogP contribution >= 0.6 is 0 Å². The number of hydrogen-bond acceptors (Lipinski definition) is 3. The quantitative estimate of drug-likeness (QED) is 0.182. The van der Waals surface area contributed by atoms with Crippen molar-refractivity contribution in [1.29, 1.82) is 0 Å². The maximum atomic E-state index is 7.03. The Hall–Kier alpha value is -7.10. The third-order valence-electron chi connectivity index (χ3n) is 10.6. The van der Waals surface area contributed by atoms with Crippen LogP contribution in [0.25, 0.3) is 87.7 Å². The molecule has 0 atom stereocenters. The van der Waals surface area contributed by atoms with Gasteiger partial charge in [0.1, 0.15) is 22.3 Å². The van der Waals surface area contributed by atoms with Gasteiger partial charge >= 0.3 is 0 Å². The van der Waals surface area contributed by atoms with Gasteiger partial charge in [-0.2, -0.15) is 0 Å². The third kappa shape index (κ3) is 4.68. The highest BCUT2D eigenvalue weighted by atomic mass is 16.3. The van der Waals surface area contributed by atoms with Crippen LogP contribution in [0.2, 0.25) is 0 Å². The van der Waals surface area contributed by atoms with Gasteiger partial charge in [0.05, 0.1) is 5.69 Å². The number of fused-ring (bicyclic) bond motifs is 8. The topological polar surface area (TPSA) is 29.5 Å². The summed E-state index contributed by atoms with van der Waals surface area (Å²) >= 11 is 0. The number of para-hydroxylation sites is 2. The summed E-state index contributed by atoms with van der Waals surface area (Å²) in [5, 5.41) is 9.02. The van der Waals surface area contributed by atoms with Crippen LogP contribution in [0.4, 0.5) is 17.1 Å². The van der Waals surface area contributed by atoms with E-state index in [1.54, 1.807) is 0 Å². The zero-order valence-electron chi connectivity index (χ0n) is 28.7. The molecule has 0 unspecified atom stereocenters. The van der Waals surface area contributed by atoms with E-state index in [0.717, 1.165) is 82.8 Å². The Morgan fingerprint density at radius 1 is 0.340 bits per heavy atom. The standard InChI is InChI=1S/C50H31NO2/c1-2-12-32(13-3-1)33-24-26-36(27-25-33)51(45-22-10-16-34-14-4-6-17-38(34)45)37-28-29-41-44-30-35-15-5-7-18-39(35)48(50(44)53-47(41)31-37)43-21-11-20-42-40-19-8-9-23-46(40)52-49(42)43/h1-31H. The second-order valence-corrected chi connectivity index (χ2v) is 13.7. The number of nitrogens with zero attached hydrogens (tertiary/aromatic N) is 1. The van der Waals surface area contributed by atoms with Crippen molar-refractivity contribution in [3.63, 3.8) is 0 Å². The number of furan rings is 2. The number of benzene rings is 9. The van der Waals surface area contributed by atoms with E-state index in [2.05, 4.69) is 181 Å². The highest BCUT2D eigenvalue weighted by Crippen LogP contribution is 2.47. The molecule has 0 aliphatic heterocycles. The molecular formula is C50H31NO2. The van der Waals surface area contributed by atoms with Crippen LogP contribution in [0.3, 0.4) is 0 Å². The highest BCUT2D eigenvalue weighted by molar-refractivity contribution is 6.22. The second kappa shape index (κ2) is 11.7. The van der Waals surface area contributed by atoms with Crippen LogP contribution < -0.4 is 4.90 Å². The van der Waals surface area contributed by atoms with Crippen molar-refractivity contribution in [1.82, 2.24) is 0 Å². The Morgan fingerprint density at radius 2 is 0.962 bits per heavy atom. The first-order valence-corrected chi connectivity index (χ1v) is 18.0. The first kappa shape index (κ1) is 29.6. The van der Waals surface area contributed by atoms with Crippen LogP contribution in [0, 0.1) is 0 Å². The van der Waals surface area contributed by atoms with E-state index >= 15 is 0 Å². The fourth-order valence-corrected chi connectivity index (χ4v) is 8.18. The lowest BCUT2D eigenvalue weighted by Gasteiger charge is -2.27. The summed E-state index contributed by atoms with van der Waals surface area (Å²) < 4.78 is 13.6. The predicted octanol–water partition coefficient (Wildman–Crippen LogP) is 14.6. The van der Waals surface area contributed by atoms with Crippen molar-refractivity contribution in [2.45, 2.75) is 0 Å². The number of anilines is 3. The highest BCUT2D eigenvalue weighted by Gasteiger charge is 2.22. The molecule has 2 heterocycles. The molecule has 0 saturated heterocycles. The van der Waals surface area contributed by atoms with Crippen LogP contribution in [0.5, 0.6) is 0 Å². The summed E-state index contributed by atoms with van der Waals surface area (Å²) in [5.74, 6) is 0. The monoisotopic (exact) mass is 677 g/mol. The maximum absolute atomic E-state index is 7.03. The van der Waals surface area contributed by atoms with Gasteiger partial charge in [0.15, 0.2) is 0 Å². The van der Waals surface area contributed by atoms with Gasteiger partial charge in [-0.05, 0) is 69.8 Å². The molecule has 9 aromatic carbocycles. The first-order valence-electron chi connectivity index (χ1n) is 18.0. The zero-order valence-corrected chi connectivity index (χ0v) is 28.7. The van der Waals surface area contributed by atoms with Crippen molar-refractivity contribution >= 4 is 82.5 Å². The molecule has 0 aliphatic carbocycles. The van der Waals surface area contributed by atoms with Crippen molar-refractivity contribution in [2.24, 2.45) is 0 Å². The first-order chi connectivity index (χ1) is 26.3. The Balaban J connectivity index is 1.15. The molecule has 0 aliphatic rings. The van der Waals surface area contributed by atoms with E-state index in [0.29, 0.717) is 0 Å². The van der Waals surface area contributed by atoms with Gasteiger partial charge < -0.3 is 13.7 Å². The molecule has 3 heteroatoms. The summed E-state index contributed by atoms with van der Waals surface area (Å²) in [6.07, 6.45) is 0.